The van der Waals surface area contributed by atoms with Gasteiger partial charge in [-0.1, -0.05) is 6.92 Å². The number of amides is 3. The van der Waals surface area contributed by atoms with Crippen molar-refractivity contribution in [2.24, 2.45) is 0 Å². The third kappa shape index (κ3) is 4.33. The lowest BCUT2D eigenvalue weighted by Crippen LogP contribution is -2.57. The van der Waals surface area contributed by atoms with Crippen LogP contribution in [0.2, 0.25) is 0 Å². The van der Waals surface area contributed by atoms with Gasteiger partial charge in [-0.25, -0.2) is 0 Å². The Balaban J connectivity index is 1.56. The van der Waals surface area contributed by atoms with Gasteiger partial charge in [0.1, 0.15) is 12.6 Å². The van der Waals surface area contributed by atoms with Crippen LogP contribution in [0.25, 0.3) is 0 Å². The smallest absolute Gasteiger partial charge is 0.253 e. The van der Waals surface area contributed by atoms with Gasteiger partial charge in [0.25, 0.3) is 5.91 Å². The molecule has 0 radical (unpaired) electrons. The summed E-state index contributed by atoms with van der Waals surface area (Å²) in [7, 11) is 3.42. The van der Waals surface area contributed by atoms with E-state index in [2.05, 4.69) is 22.0 Å². The van der Waals surface area contributed by atoms with Gasteiger partial charge < -0.3 is 15.1 Å². The molecule has 174 valence electrons. The SMILES string of the molecule is CCN1CCC[C@@H]1CNC(=O)CN1C(=O)[C@@H]2CCCCN2c2ccc(C(=O)N(C)C)cc21. The molecule has 1 aromatic rings. The number of benzene rings is 1. The number of hydrogen-bond acceptors (Lipinski definition) is 5. The van der Waals surface area contributed by atoms with Gasteiger partial charge in [0.2, 0.25) is 11.8 Å². The van der Waals surface area contributed by atoms with Gasteiger partial charge in [0.15, 0.2) is 0 Å². The van der Waals surface area contributed by atoms with E-state index in [1.165, 1.54) is 4.90 Å². The van der Waals surface area contributed by atoms with Crippen LogP contribution in [-0.2, 0) is 9.59 Å². The second-order valence-corrected chi connectivity index (χ2v) is 9.26. The summed E-state index contributed by atoms with van der Waals surface area (Å²) in [4.78, 5) is 46.5. The Labute approximate surface area is 190 Å². The van der Waals surface area contributed by atoms with Crippen molar-refractivity contribution in [2.75, 3.05) is 56.6 Å². The number of likely N-dealkylation sites (N-methyl/N-ethyl adjacent to an activating group) is 1. The molecule has 0 spiro atoms. The molecule has 3 amide bonds. The van der Waals surface area contributed by atoms with E-state index in [-0.39, 0.29) is 30.3 Å². The highest BCUT2D eigenvalue weighted by Gasteiger charge is 2.40. The lowest BCUT2D eigenvalue weighted by molar-refractivity contribution is -0.125. The summed E-state index contributed by atoms with van der Waals surface area (Å²) in [6.45, 7) is 5.61. The number of carbonyl (C=O) groups is 3. The van der Waals surface area contributed by atoms with E-state index in [4.69, 9.17) is 0 Å². The van der Waals surface area contributed by atoms with E-state index in [0.29, 0.717) is 23.8 Å². The fourth-order valence-corrected chi connectivity index (χ4v) is 5.29. The zero-order valence-electron chi connectivity index (χ0n) is 19.5. The first-order valence-corrected chi connectivity index (χ1v) is 11.8. The number of nitrogens with zero attached hydrogens (tertiary/aromatic N) is 4. The lowest BCUT2D eigenvalue weighted by atomic mass is 9.95. The molecule has 8 nitrogen and oxygen atoms in total. The second-order valence-electron chi connectivity index (χ2n) is 9.26. The van der Waals surface area contributed by atoms with Crippen molar-refractivity contribution in [3.63, 3.8) is 0 Å². The number of anilines is 2. The van der Waals surface area contributed by atoms with Gasteiger partial charge >= 0.3 is 0 Å². The van der Waals surface area contributed by atoms with Crippen LogP contribution in [0.3, 0.4) is 0 Å². The predicted molar refractivity (Wildman–Crippen MR) is 125 cm³/mol. The first kappa shape index (κ1) is 22.6. The van der Waals surface area contributed by atoms with Crippen LogP contribution in [0.4, 0.5) is 11.4 Å². The summed E-state index contributed by atoms with van der Waals surface area (Å²) < 4.78 is 0. The normalized spacial score (nSPS) is 23.0. The number of nitrogens with one attached hydrogen (secondary N) is 1. The van der Waals surface area contributed by atoms with Crippen molar-refractivity contribution < 1.29 is 14.4 Å². The summed E-state index contributed by atoms with van der Waals surface area (Å²) in [5.74, 6) is -0.315. The molecular formula is C24H35N5O3. The molecule has 0 aromatic heterocycles. The van der Waals surface area contributed by atoms with Crippen molar-refractivity contribution in [1.82, 2.24) is 15.1 Å². The Hall–Kier alpha value is -2.61. The maximum Gasteiger partial charge on any atom is 0.253 e. The van der Waals surface area contributed by atoms with Crippen molar-refractivity contribution in [3.8, 4) is 0 Å². The average molecular weight is 442 g/mol. The van der Waals surface area contributed by atoms with Gasteiger partial charge in [-0.15, -0.1) is 0 Å². The molecule has 32 heavy (non-hydrogen) atoms. The highest BCUT2D eigenvalue weighted by atomic mass is 16.2. The highest BCUT2D eigenvalue weighted by Crippen LogP contribution is 2.40. The van der Waals surface area contributed by atoms with Crippen LogP contribution in [0.5, 0.6) is 0 Å². The molecule has 0 bridgehead atoms. The third-order valence-electron chi connectivity index (χ3n) is 7.02. The number of rotatable bonds is 6. The minimum Gasteiger partial charge on any atom is -0.358 e. The predicted octanol–water partition coefficient (Wildman–Crippen LogP) is 1.69. The molecule has 0 unspecified atom stereocenters. The average Bonchev–Trinajstić information content (AvgIpc) is 3.27. The summed E-state index contributed by atoms with van der Waals surface area (Å²) >= 11 is 0. The number of carbonyl (C=O) groups excluding carboxylic acids is 3. The first-order chi connectivity index (χ1) is 15.4. The minimum atomic E-state index is -0.232. The van der Waals surface area contributed by atoms with Gasteiger partial charge in [0.05, 0.1) is 11.4 Å². The standard InChI is InChI=1S/C24H35N5O3/c1-4-27-12-7-8-18(27)15-25-22(30)16-29-21-14-17(23(31)26(2)3)10-11-19(21)28-13-6-5-9-20(28)24(29)32/h10-11,14,18,20H,4-9,12-13,15-16H2,1-3H3,(H,25,30)/t18-,20+/m1/s1. The molecule has 2 atom stereocenters. The molecule has 4 rings (SSSR count). The van der Waals surface area contributed by atoms with E-state index in [1.54, 1.807) is 25.1 Å². The van der Waals surface area contributed by atoms with Gasteiger partial charge in [0, 0.05) is 38.8 Å². The Bertz CT molecular complexity index is 886. The highest BCUT2D eigenvalue weighted by molar-refractivity contribution is 6.09. The largest absolute Gasteiger partial charge is 0.358 e. The second kappa shape index (κ2) is 9.48. The first-order valence-electron chi connectivity index (χ1n) is 11.8. The zero-order valence-corrected chi connectivity index (χ0v) is 19.5. The minimum absolute atomic E-state index is 0.0192. The molecule has 2 fully saturated rings. The van der Waals surface area contributed by atoms with E-state index >= 15 is 0 Å². The van der Waals surface area contributed by atoms with Crippen molar-refractivity contribution in [1.29, 1.82) is 0 Å². The molecule has 3 heterocycles. The number of fused-ring (bicyclic) bond motifs is 3. The van der Waals surface area contributed by atoms with Crippen LogP contribution in [-0.4, -0.2) is 86.4 Å². The topological polar surface area (TPSA) is 76.2 Å². The third-order valence-corrected chi connectivity index (χ3v) is 7.02. The van der Waals surface area contributed by atoms with Gasteiger partial charge in [-0.2, -0.15) is 0 Å². The molecule has 0 saturated carbocycles. The van der Waals surface area contributed by atoms with Crippen LogP contribution < -0.4 is 15.1 Å². The molecule has 1 aromatic carbocycles. The van der Waals surface area contributed by atoms with E-state index < -0.39 is 0 Å². The van der Waals surface area contributed by atoms with Crippen LogP contribution in [0.1, 0.15) is 49.4 Å². The Kier molecular flexibility index (Phi) is 6.69. The van der Waals surface area contributed by atoms with Crippen LogP contribution >= 0.6 is 0 Å². The molecule has 3 aliphatic rings. The van der Waals surface area contributed by atoms with Crippen molar-refractivity contribution >= 4 is 29.1 Å². The zero-order chi connectivity index (χ0) is 22.8. The maximum absolute atomic E-state index is 13.4. The van der Waals surface area contributed by atoms with Crippen LogP contribution in [0, 0.1) is 0 Å². The quantitative estimate of drug-likeness (QED) is 0.727. The molecule has 2 saturated heterocycles. The molecule has 8 heteroatoms. The Morgan fingerprint density at radius 1 is 1.09 bits per heavy atom. The van der Waals surface area contributed by atoms with Gasteiger partial charge in [-0.3, -0.25) is 24.2 Å². The van der Waals surface area contributed by atoms with Crippen molar-refractivity contribution in [2.45, 2.75) is 51.1 Å². The number of likely N-dealkylation sites (tertiary alicyclic amines) is 1. The Morgan fingerprint density at radius 2 is 1.91 bits per heavy atom. The number of hydrogen-bond donors (Lipinski definition) is 1. The fourth-order valence-electron chi connectivity index (χ4n) is 5.29. The summed E-state index contributed by atoms with van der Waals surface area (Å²) in [5.41, 5.74) is 2.12. The molecule has 0 aliphatic carbocycles. The molecular weight excluding hydrogens is 406 g/mol. The summed E-state index contributed by atoms with van der Waals surface area (Å²) in [5, 5.41) is 3.05. The monoisotopic (exact) mass is 441 g/mol. The number of piperidine rings is 1. The molecule has 3 aliphatic heterocycles. The van der Waals surface area contributed by atoms with E-state index in [0.717, 1.165) is 57.4 Å². The Morgan fingerprint density at radius 3 is 2.66 bits per heavy atom. The fraction of sp³-hybridized carbons (Fsp3) is 0.625. The van der Waals surface area contributed by atoms with Gasteiger partial charge in [-0.05, 0) is 63.4 Å². The summed E-state index contributed by atoms with van der Waals surface area (Å²) in [6.07, 6.45) is 5.09. The van der Waals surface area contributed by atoms with E-state index in [1.807, 2.05) is 12.1 Å². The van der Waals surface area contributed by atoms with Crippen molar-refractivity contribution in [3.05, 3.63) is 23.8 Å². The molecule has 1 N–H and O–H groups in total. The van der Waals surface area contributed by atoms with E-state index in [9.17, 15) is 14.4 Å². The van der Waals surface area contributed by atoms with Crippen LogP contribution in [0.15, 0.2) is 18.2 Å². The lowest BCUT2D eigenvalue weighted by Gasteiger charge is -2.45. The maximum atomic E-state index is 13.4. The summed E-state index contributed by atoms with van der Waals surface area (Å²) in [6, 6.07) is 5.65.